The Bertz CT molecular complexity index is 216. The van der Waals surface area contributed by atoms with E-state index in [0.717, 1.165) is 19.3 Å². The molecular weight excluding hydrogens is 210 g/mol. The lowest BCUT2D eigenvalue weighted by molar-refractivity contribution is -0.146. The fraction of sp³-hybridized carbons (Fsp3) is 0.909. The fourth-order valence-corrected chi connectivity index (χ4v) is 1.83. The Balaban J connectivity index is 2.34. The zero-order valence-electron chi connectivity index (χ0n) is 10.0. The molecular formula is C11H21NO4. The fourth-order valence-electron chi connectivity index (χ4n) is 1.83. The number of hydrogen-bond donors (Lipinski definition) is 1. The molecule has 1 heterocycles. The normalized spacial score (nSPS) is 22.8. The minimum absolute atomic E-state index is 0.0464. The first kappa shape index (κ1) is 13.4. The van der Waals surface area contributed by atoms with Gasteiger partial charge in [-0.25, -0.2) is 0 Å². The summed E-state index contributed by atoms with van der Waals surface area (Å²) in [4.78, 5) is 13.4. The van der Waals surface area contributed by atoms with E-state index in [4.69, 9.17) is 9.47 Å². The smallest absolute Gasteiger partial charge is 0.251 e. The number of methoxy groups -OCH3 is 1. The van der Waals surface area contributed by atoms with Crippen molar-refractivity contribution in [2.45, 2.75) is 31.5 Å². The van der Waals surface area contributed by atoms with Gasteiger partial charge in [0.05, 0.1) is 12.7 Å². The zero-order valence-corrected chi connectivity index (χ0v) is 10.0. The maximum Gasteiger partial charge on any atom is 0.251 e. The van der Waals surface area contributed by atoms with Crippen LogP contribution in [0.3, 0.4) is 0 Å². The predicted molar refractivity (Wildman–Crippen MR) is 59.1 cm³/mol. The lowest BCUT2D eigenvalue weighted by Crippen LogP contribution is -2.43. The highest BCUT2D eigenvalue weighted by Gasteiger charge is 2.25. The van der Waals surface area contributed by atoms with Gasteiger partial charge in [0.25, 0.3) is 5.91 Å². The summed E-state index contributed by atoms with van der Waals surface area (Å²) in [5, 5.41) is 9.51. The number of nitrogens with zero attached hydrogens (tertiary/aromatic N) is 1. The highest BCUT2D eigenvalue weighted by atomic mass is 16.5. The Labute approximate surface area is 96.3 Å². The second-order valence-electron chi connectivity index (χ2n) is 4.18. The summed E-state index contributed by atoms with van der Waals surface area (Å²) in [7, 11) is 3.20. The Morgan fingerprint density at radius 3 is 2.94 bits per heavy atom. The van der Waals surface area contributed by atoms with Crippen molar-refractivity contribution in [1.29, 1.82) is 0 Å². The minimum Gasteiger partial charge on any atom is -0.389 e. The first-order valence-electron chi connectivity index (χ1n) is 5.68. The average Bonchev–Trinajstić information content (AvgIpc) is 2.29. The third kappa shape index (κ3) is 4.08. The van der Waals surface area contributed by atoms with Crippen LogP contribution >= 0.6 is 0 Å². The molecule has 0 aromatic rings. The van der Waals surface area contributed by atoms with Crippen LogP contribution in [0.5, 0.6) is 0 Å². The molecule has 1 aliphatic rings. The van der Waals surface area contributed by atoms with Crippen LogP contribution in [0.15, 0.2) is 0 Å². The zero-order chi connectivity index (χ0) is 12.0. The highest BCUT2D eigenvalue weighted by Crippen LogP contribution is 2.14. The highest BCUT2D eigenvalue weighted by molar-refractivity contribution is 5.80. The van der Waals surface area contributed by atoms with Crippen LogP contribution < -0.4 is 0 Å². The van der Waals surface area contributed by atoms with E-state index in [1.54, 1.807) is 7.05 Å². The number of aliphatic hydroxyl groups is 1. The van der Waals surface area contributed by atoms with Gasteiger partial charge in [-0.2, -0.15) is 0 Å². The van der Waals surface area contributed by atoms with Crippen LogP contribution in [0.4, 0.5) is 0 Å². The molecule has 0 radical (unpaired) electrons. The van der Waals surface area contributed by atoms with Crippen molar-refractivity contribution >= 4 is 5.91 Å². The molecule has 1 fully saturated rings. The number of hydrogen-bond acceptors (Lipinski definition) is 4. The minimum atomic E-state index is -0.637. The Morgan fingerprint density at radius 2 is 2.38 bits per heavy atom. The van der Waals surface area contributed by atoms with Crippen molar-refractivity contribution in [2.75, 3.05) is 33.9 Å². The number of amides is 1. The molecule has 5 nitrogen and oxygen atoms in total. The molecule has 0 bridgehead atoms. The van der Waals surface area contributed by atoms with Crippen LogP contribution in [-0.2, 0) is 14.3 Å². The summed E-state index contributed by atoms with van der Waals surface area (Å²) < 4.78 is 10.2. The first-order chi connectivity index (χ1) is 7.65. The summed E-state index contributed by atoms with van der Waals surface area (Å²) in [6.07, 6.45) is 1.88. The van der Waals surface area contributed by atoms with Gasteiger partial charge in [0, 0.05) is 27.3 Å². The van der Waals surface area contributed by atoms with Gasteiger partial charge in [-0.1, -0.05) is 0 Å². The van der Waals surface area contributed by atoms with Crippen LogP contribution in [-0.4, -0.2) is 62.0 Å². The number of carbonyl (C=O) groups is 1. The van der Waals surface area contributed by atoms with E-state index >= 15 is 0 Å². The van der Waals surface area contributed by atoms with E-state index in [-0.39, 0.29) is 25.2 Å². The van der Waals surface area contributed by atoms with Gasteiger partial charge < -0.3 is 19.5 Å². The first-order valence-corrected chi connectivity index (χ1v) is 5.68. The van der Waals surface area contributed by atoms with Crippen molar-refractivity contribution in [3.63, 3.8) is 0 Å². The molecule has 94 valence electrons. The van der Waals surface area contributed by atoms with E-state index in [1.165, 1.54) is 12.0 Å². The number of likely N-dealkylation sites (N-methyl/N-ethyl adjacent to an activating group) is 1. The van der Waals surface area contributed by atoms with Crippen molar-refractivity contribution < 1.29 is 19.4 Å². The summed E-state index contributed by atoms with van der Waals surface area (Å²) in [6, 6.07) is 0. The SMILES string of the molecule is COCC(O)CN(C)C(=O)C1CCCCO1. The van der Waals surface area contributed by atoms with E-state index < -0.39 is 6.10 Å². The van der Waals surface area contributed by atoms with Gasteiger partial charge >= 0.3 is 0 Å². The van der Waals surface area contributed by atoms with E-state index in [9.17, 15) is 9.90 Å². The maximum atomic E-state index is 11.9. The monoisotopic (exact) mass is 231 g/mol. The third-order valence-corrected chi connectivity index (χ3v) is 2.68. The van der Waals surface area contributed by atoms with Crippen molar-refractivity contribution in [3.8, 4) is 0 Å². The number of aliphatic hydroxyl groups excluding tert-OH is 1. The standard InChI is InChI=1S/C11H21NO4/c1-12(7-9(13)8-15-2)11(14)10-5-3-4-6-16-10/h9-10,13H,3-8H2,1-2H3. The van der Waals surface area contributed by atoms with E-state index in [1.807, 2.05) is 0 Å². The molecule has 0 saturated carbocycles. The molecule has 0 aromatic carbocycles. The molecule has 0 aromatic heterocycles. The molecule has 1 amide bonds. The number of carbonyl (C=O) groups excluding carboxylic acids is 1. The molecule has 16 heavy (non-hydrogen) atoms. The van der Waals surface area contributed by atoms with Gasteiger partial charge in [-0.3, -0.25) is 4.79 Å². The molecule has 1 saturated heterocycles. The van der Waals surface area contributed by atoms with Crippen molar-refractivity contribution in [3.05, 3.63) is 0 Å². The molecule has 1 rings (SSSR count). The largest absolute Gasteiger partial charge is 0.389 e. The van der Waals surface area contributed by atoms with Crippen LogP contribution in [0.1, 0.15) is 19.3 Å². The van der Waals surface area contributed by atoms with Crippen molar-refractivity contribution in [1.82, 2.24) is 4.90 Å². The van der Waals surface area contributed by atoms with Gasteiger partial charge in [0.15, 0.2) is 0 Å². The quantitative estimate of drug-likeness (QED) is 0.724. The topological polar surface area (TPSA) is 59.0 Å². The molecule has 1 N–H and O–H groups in total. The Hall–Kier alpha value is -0.650. The van der Waals surface area contributed by atoms with Crippen LogP contribution in [0, 0.1) is 0 Å². The van der Waals surface area contributed by atoms with Gasteiger partial charge in [0.2, 0.25) is 0 Å². The second kappa shape index (κ2) is 6.83. The van der Waals surface area contributed by atoms with E-state index in [0.29, 0.717) is 6.61 Å². The van der Waals surface area contributed by atoms with Gasteiger partial charge in [-0.15, -0.1) is 0 Å². The molecule has 5 heteroatoms. The maximum absolute atomic E-state index is 11.9. The molecule has 2 atom stereocenters. The summed E-state index contributed by atoms with van der Waals surface area (Å²) in [6.45, 7) is 1.18. The summed E-state index contributed by atoms with van der Waals surface area (Å²) in [5.74, 6) is -0.0464. The lowest BCUT2D eigenvalue weighted by Gasteiger charge is -2.27. The molecule has 1 aliphatic heterocycles. The third-order valence-electron chi connectivity index (χ3n) is 2.68. The Morgan fingerprint density at radius 1 is 1.62 bits per heavy atom. The second-order valence-corrected chi connectivity index (χ2v) is 4.18. The van der Waals surface area contributed by atoms with Crippen LogP contribution in [0.2, 0.25) is 0 Å². The average molecular weight is 231 g/mol. The summed E-state index contributed by atoms with van der Waals surface area (Å²) >= 11 is 0. The predicted octanol–water partition coefficient (Wildman–Crippen LogP) is 0.0212. The molecule has 0 aliphatic carbocycles. The van der Waals surface area contributed by atoms with Crippen molar-refractivity contribution in [2.24, 2.45) is 0 Å². The van der Waals surface area contributed by atoms with E-state index in [2.05, 4.69) is 0 Å². The number of rotatable bonds is 5. The summed E-state index contributed by atoms with van der Waals surface area (Å²) in [5.41, 5.74) is 0. The Kier molecular flexibility index (Phi) is 5.73. The van der Waals surface area contributed by atoms with Gasteiger partial charge in [-0.05, 0) is 19.3 Å². The molecule has 2 unspecified atom stereocenters. The lowest BCUT2D eigenvalue weighted by atomic mass is 10.1. The molecule has 0 spiro atoms. The number of ether oxygens (including phenoxy) is 2. The van der Waals surface area contributed by atoms with Gasteiger partial charge in [0.1, 0.15) is 6.10 Å². The van der Waals surface area contributed by atoms with Crippen LogP contribution in [0.25, 0.3) is 0 Å².